The molecule has 0 bridgehead atoms. The Morgan fingerprint density at radius 1 is 1.25 bits per heavy atom. The number of halogens is 3. The van der Waals surface area contributed by atoms with Gasteiger partial charge in [0.25, 0.3) is 0 Å². The molecule has 2 rings (SSSR count). The van der Waals surface area contributed by atoms with E-state index < -0.39 is 17.9 Å². The first-order valence-electron chi connectivity index (χ1n) is 6.86. The van der Waals surface area contributed by atoms with E-state index in [0.717, 1.165) is 5.56 Å². The fourth-order valence-corrected chi connectivity index (χ4v) is 2.76. The van der Waals surface area contributed by atoms with E-state index in [1.54, 1.807) is 6.92 Å². The lowest BCUT2D eigenvalue weighted by Crippen LogP contribution is -2.54. The maximum atomic E-state index is 13.4. The van der Waals surface area contributed by atoms with Crippen molar-refractivity contribution in [3.05, 3.63) is 35.9 Å². The highest BCUT2D eigenvalue weighted by Gasteiger charge is 2.63. The highest BCUT2D eigenvalue weighted by molar-refractivity contribution is 5.13. The Kier molecular flexibility index (Phi) is 4.70. The van der Waals surface area contributed by atoms with Crippen LogP contribution in [0.4, 0.5) is 13.2 Å². The molecular formula is C15H19F3O2. The minimum atomic E-state index is -4.40. The molecule has 0 N–H and O–H groups in total. The van der Waals surface area contributed by atoms with Gasteiger partial charge in [-0.1, -0.05) is 30.3 Å². The Balaban J connectivity index is 2.09. The zero-order valence-corrected chi connectivity index (χ0v) is 11.5. The Labute approximate surface area is 116 Å². The number of alkyl halides is 3. The van der Waals surface area contributed by atoms with Crippen molar-refractivity contribution < 1.29 is 22.6 Å². The molecule has 2 atom stereocenters. The van der Waals surface area contributed by atoms with Gasteiger partial charge < -0.3 is 9.47 Å². The molecular weight excluding hydrogens is 269 g/mol. The minimum absolute atomic E-state index is 0.0240. The van der Waals surface area contributed by atoms with Crippen LogP contribution in [0.1, 0.15) is 31.7 Å². The predicted molar refractivity (Wildman–Crippen MR) is 69.3 cm³/mol. The van der Waals surface area contributed by atoms with Gasteiger partial charge in [0.1, 0.15) is 0 Å². The van der Waals surface area contributed by atoms with E-state index in [2.05, 4.69) is 0 Å². The zero-order valence-electron chi connectivity index (χ0n) is 11.5. The second kappa shape index (κ2) is 6.14. The summed E-state index contributed by atoms with van der Waals surface area (Å²) in [7, 11) is 0. The van der Waals surface area contributed by atoms with E-state index >= 15 is 0 Å². The maximum absolute atomic E-state index is 13.4. The lowest BCUT2D eigenvalue weighted by atomic mass is 9.98. The summed E-state index contributed by atoms with van der Waals surface area (Å²) >= 11 is 0. The molecule has 1 saturated carbocycles. The van der Waals surface area contributed by atoms with Crippen LogP contribution in [0.2, 0.25) is 0 Å². The fraction of sp³-hybridized carbons (Fsp3) is 0.600. The summed E-state index contributed by atoms with van der Waals surface area (Å²) in [6.07, 6.45) is -4.50. The highest BCUT2D eigenvalue weighted by Crippen LogP contribution is 2.47. The largest absolute Gasteiger partial charge is 0.420 e. The van der Waals surface area contributed by atoms with Gasteiger partial charge in [0.15, 0.2) is 5.60 Å². The second-order valence-electron chi connectivity index (χ2n) is 5.00. The molecule has 5 heteroatoms. The van der Waals surface area contributed by atoms with Gasteiger partial charge in [0.05, 0.1) is 12.7 Å². The Morgan fingerprint density at radius 2 is 1.95 bits per heavy atom. The van der Waals surface area contributed by atoms with E-state index in [0.29, 0.717) is 12.8 Å². The topological polar surface area (TPSA) is 18.5 Å². The van der Waals surface area contributed by atoms with Crippen molar-refractivity contribution in [3.8, 4) is 0 Å². The molecule has 2 unspecified atom stereocenters. The lowest BCUT2D eigenvalue weighted by molar-refractivity contribution is -0.304. The van der Waals surface area contributed by atoms with Crippen molar-refractivity contribution >= 4 is 0 Å². The zero-order chi connectivity index (χ0) is 14.6. The monoisotopic (exact) mass is 288 g/mol. The van der Waals surface area contributed by atoms with Gasteiger partial charge in [-0.05, 0) is 31.7 Å². The first-order chi connectivity index (χ1) is 9.49. The third-order valence-corrected chi connectivity index (χ3v) is 3.71. The number of rotatable bonds is 5. The van der Waals surface area contributed by atoms with Gasteiger partial charge in [0, 0.05) is 6.61 Å². The Morgan fingerprint density at radius 3 is 2.55 bits per heavy atom. The van der Waals surface area contributed by atoms with E-state index in [1.165, 1.54) is 0 Å². The molecule has 0 aromatic heterocycles. The molecule has 0 amide bonds. The highest BCUT2D eigenvalue weighted by atomic mass is 19.4. The van der Waals surface area contributed by atoms with E-state index in [4.69, 9.17) is 9.47 Å². The van der Waals surface area contributed by atoms with Crippen molar-refractivity contribution in [1.82, 2.24) is 0 Å². The summed E-state index contributed by atoms with van der Waals surface area (Å²) in [6, 6.07) is 9.22. The summed E-state index contributed by atoms with van der Waals surface area (Å²) < 4.78 is 50.8. The van der Waals surface area contributed by atoms with Crippen LogP contribution in [0.15, 0.2) is 30.3 Å². The van der Waals surface area contributed by atoms with Crippen LogP contribution < -0.4 is 0 Å². The van der Waals surface area contributed by atoms with Crippen molar-refractivity contribution in [3.63, 3.8) is 0 Å². The number of ether oxygens (including phenoxy) is 2. The van der Waals surface area contributed by atoms with Crippen LogP contribution in [0.5, 0.6) is 0 Å². The van der Waals surface area contributed by atoms with Gasteiger partial charge in [0.2, 0.25) is 0 Å². The van der Waals surface area contributed by atoms with Crippen LogP contribution in [-0.2, 0) is 16.1 Å². The number of hydrogen-bond donors (Lipinski definition) is 0. The fourth-order valence-electron chi connectivity index (χ4n) is 2.76. The van der Waals surface area contributed by atoms with Crippen molar-refractivity contribution in [2.24, 2.45) is 0 Å². The van der Waals surface area contributed by atoms with Gasteiger partial charge in [-0.2, -0.15) is 13.2 Å². The molecule has 2 nitrogen and oxygen atoms in total. The Hall–Kier alpha value is -1.07. The second-order valence-corrected chi connectivity index (χ2v) is 5.00. The molecule has 1 fully saturated rings. The standard InChI is InChI=1S/C15H19F3O2/c1-2-20-14(15(16,17)18)10-6-9-13(14)19-11-12-7-4-3-5-8-12/h3-5,7-8,13H,2,6,9-11H2,1H3. The summed E-state index contributed by atoms with van der Waals surface area (Å²) in [5.41, 5.74) is -1.27. The average molecular weight is 288 g/mol. The van der Waals surface area contributed by atoms with E-state index in [1.807, 2.05) is 30.3 Å². The summed E-state index contributed by atoms with van der Waals surface area (Å²) in [5.74, 6) is 0. The van der Waals surface area contributed by atoms with Gasteiger partial charge in [-0.25, -0.2) is 0 Å². The minimum Gasteiger partial charge on any atom is -0.370 e. The summed E-state index contributed by atoms with van der Waals surface area (Å²) in [4.78, 5) is 0. The summed E-state index contributed by atoms with van der Waals surface area (Å²) in [5, 5.41) is 0. The van der Waals surface area contributed by atoms with Crippen LogP contribution >= 0.6 is 0 Å². The molecule has 1 aromatic carbocycles. The molecule has 20 heavy (non-hydrogen) atoms. The molecule has 1 aliphatic rings. The molecule has 112 valence electrons. The van der Waals surface area contributed by atoms with E-state index in [9.17, 15) is 13.2 Å². The van der Waals surface area contributed by atoms with Gasteiger partial charge in [-0.15, -0.1) is 0 Å². The quantitative estimate of drug-likeness (QED) is 0.812. The number of benzene rings is 1. The van der Waals surface area contributed by atoms with Crippen LogP contribution in [0.3, 0.4) is 0 Å². The molecule has 1 aromatic rings. The SMILES string of the molecule is CCOC1(C(F)(F)F)CCCC1OCc1ccccc1. The van der Waals surface area contributed by atoms with Gasteiger partial charge >= 0.3 is 6.18 Å². The third kappa shape index (κ3) is 2.99. The first-order valence-corrected chi connectivity index (χ1v) is 6.86. The van der Waals surface area contributed by atoms with Crippen molar-refractivity contribution in [2.75, 3.05) is 6.61 Å². The maximum Gasteiger partial charge on any atom is 0.420 e. The Bertz CT molecular complexity index is 419. The molecule has 0 saturated heterocycles. The third-order valence-electron chi connectivity index (χ3n) is 3.71. The first kappa shape index (κ1) is 15.3. The normalized spacial score (nSPS) is 26.9. The molecule has 0 spiro atoms. The molecule has 0 aliphatic heterocycles. The van der Waals surface area contributed by atoms with Crippen molar-refractivity contribution in [1.29, 1.82) is 0 Å². The smallest absolute Gasteiger partial charge is 0.370 e. The molecule has 0 heterocycles. The average Bonchev–Trinajstić information content (AvgIpc) is 2.82. The van der Waals surface area contributed by atoms with Crippen LogP contribution in [-0.4, -0.2) is 24.5 Å². The van der Waals surface area contributed by atoms with Crippen LogP contribution in [0.25, 0.3) is 0 Å². The van der Waals surface area contributed by atoms with E-state index in [-0.39, 0.29) is 19.6 Å². The molecule has 1 aliphatic carbocycles. The van der Waals surface area contributed by atoms with Crippen molar-refractivity contribution in [2.45, 2.75) is 50.7 Å². The summed E-state index contributed by atoms with van der Waals surface area (Å²) in [6.45, 7) is 1.79. The van der Waals surface area contributed by atoms with Crippen LogP contribution in [0, 0.1) is 0 Å². The van der Waals surface area contributed by atoms with Gasteiger partial charge in [-0.3, -0.25) is 0 Å². The number of hydrogen-bond acceptors (Lipinski definition) is 2. The predicted octanol–water partition coefficient (Wildman–Crippen LogP) is 4.09. The lowest BCUT2D eigenvalue weighted by Gasteiger charge is -2.36. The molecule has 0 radical (unpaired) electrons.